The molecule has 106 valence electrons. The normalized spacial score (nSPS) is 16.4. The SMILES string of the molecule is Nc1ccc2[nH]nc(C(=O)OCC3CCOCC3)c2c1. The van der Waals surface area contributed by atoms with Crippen molar-refractivity contribution >= 4 is 22.6 Å². The molecule has 0 atom stereocenters. The minimum Gasteiger partial charge on any atom is -0.461 e. The molecule has 1 aromatic heterocycles. The van der Waals surface area contributed by atoms with Gasteiger partial charge >= 0.3 is 5.97 Å². The smallest absolute Gasteiger partial charge is 0.359 e. The molecule has 0 aliphatic carbocycles. The number of esters is 1. The molecule has 0 unspecified atom stereocenters. The molecule has 6 heteroatoms. The molecule has 0 spiro atoms. The molecule has 0 radical (unpaired) electrons. The van der Waals surface area contributed by atoms with Crippen molar-refractivity contribution in [2.24, 2.45) is 5.92 Å². The quantitative estimate of drug-likeness (QED) is 0.657. The van der Waals surface area contributed by atoms with Gasteiger partial charge in [-0.15, -0.1) is 0 Å². The van der Waals surface area contributed by atoms with Crippen molar-refractivity contribution in [2.75, 3.05) is 25.6 Å². The largest absolute Gasteiger partial charge is 0.461 e. The summed E-state index contributed by atoms with van der Waals surface area (Å²) in [5.41, 5.74) is 7.40. The maximum absolute atomic E-state index is 12.1. The predicted octanol–water partition coefficient (Wildman–Crippen LogP) is 1.73. The van der Waals surface area contributed by atoms with E-state index in [1.807, 2.05) is 0 Å². The summed E-state index contributed by atoms with van der Waals surface area (Å²) in [6, 6.07) is 5.29. The first-order valence-corrected chi connectivity index (χ1v) is 6.72. The zero-order valence-corrected chi connectivity index (χ0v) is 11.1. The first-order chi connectivity index (χ1) is 9.74. The topological polar surface area (TPSA) is 90.2 Å². The number of benzene rings is 1. The van der Waals surface area contributed by atoms with E-state index >= 15 is 0 Å². The van der Waals surface area contributed by atoms with Gasteiger partial charge in [0.25, 0.3) is 0 Å². The fraction of sp³-hybridized carbons (Fsp3) is 0.429. The standard InChI is InChI=1S/C14H17N3O3/c15-10-1-2-12-11(7-10)13(17-16-12)14(18)20-8-9-3-5-19-6-4-9/h1-2,7,9H,3-6,8,15H2,(H,16,17). The van der Waals surface area contributed by atoms with Crippen molar-refractivity contribution in [1.29, 1.82) is 0 Å². The van der Waals surface area contributed by atoms with Gasteiger partial charge in [0.05, 0.1) is 12.1 Å². The molecule has 2 heterocycles. The first kappa shape index (κ1) is 12.9. The van der Waals surface area contributed by atoms with Crippen LogP contribution in [-0.2, 0) is 9.47 Å². The Morgan fingerprint density at radius 3 is 3.05 bits per heavy atom. The van der Waals surface area contributed by atoms with E-state index in [1.165, 1.54) is 0 Å². The highest BCUT2D eigenvalue weighted by atomic mass is 16.5. The molecule has 3 rings (SSSR count). The first-order valence-electron chi connectivity index (χ1n) is 6.72. The Morgan fingerprint density at radius 2 is 2.25 bits per heavy atom. The van der Waals surface area contributed by atoms with Gasteiger partial charge in [0.15, 0.2) is 5.69 Å². The van der Waals surface area contributed by atoms with E-state index in [1.54, 1.807) is 18.2 Å². The number of hydrogen-bond acceptors (Lipinski definition) is 5. The van der Waals surface area contributed by atoms with Crippen LogP contribution in [0.2, 0.25) is 0 Å². The second-order valence-corrected chi connectivity index (χ2v) is 5.03. The van der Waals surface area contributed by atoms with E-state index in [0.717, 1.165) is 31.6 Å². The summed E-state index contributed by atoms with van der Waals surface area (Å²) in [5.74, 6) is -0.0312. The summed E-state index contributed by atoms with van der Waals surface area (Å²) in [6.45, 7) is 1.90. The summed E-state index contributed by atoms with van der Waals surface area (Å²) >= 11 is 0. The third kappa shape index (κ3) is 2.60. The van der Waals surface area contributed by atoms with Crippen LogP contribution in [0, 0.1) is 5.92 Å². The summed E-state index contributed by atoms with van der Waals surface area (Å²) in [5, 5.41) is 7.52. The Labute approximate surface area is 116 Å². The number of fused-ring (bicyclic) bond motifs is 1. The second kappa shape index (κ2) is 5.50. The van der Waals surface area contributed by atoms with Gasteiger partial charge in [0, 0.05) is 24.3 Å². The average molecular weight is 275 g/mol. The molecule has 1 aromatic carbocycles. The van der Waals surface area contributed by atoms with Gasteiger partial charge in [-0.1, -0.05) is 0 Å². The maximum Gasteiger partial charge on any atom is 0.359 e. The number of nitrogens with zero attached hydrogens (tertiary/aromatic N) is 1. The number of ether oxygens (including phenoxy) is 2. The Balaban J connectivity index is 1.70. The van der Waals surface area contributed by atoms with Gasteiger partial charge in [0.1, 0.15) is 0 Å². The van der Waals surface area contributed by atoms with Crippen LogP contribution in [0.5, 0.6) is 0 Å². The minimum atomic E-state index is -0.409. The van der Waals surface area contributed by atoms with E-state index in [2.05, 4.69) is 10.2 Å². The second-order valence-electron chi connectivity index (χ2n) is 5.03. The van der Waals surface area contributed by atoms with Crippen molar-refractivity contribution in [3.63, 3.8) is 0 Å². The third-order valence-corrected chi connectivity index (χ3v) is 3.57. The minimum absolute atomic E-state index is 0.291. The van der Waals surface area contributed by atoms with E-state index < -0.39 is 5.97 Å². The Bertz CT molecular complexity index is 617. The van der Waals surface area contributed by atoms with Crippen LogP contribution in [-0.4, -0.2) is 36.0 Å². The molecule has 1 aliphatic rings. The average Bonchev–Trinajstić information content (AvgIpc) is 2.89. The van der Waals surface area contributed by atoms with Crippen LogP contribution < -0.4 is 5.73 Å². The Morgan fingerprint density at radius 1 is 1.45 bits per heavy atom. The van der Waals surface area contributed by atoms with E-state index in [9.17, 15) is 4.79 Å². The van der Waals surface area contributed by atoms with Gasteiger partial charge in [0.2, 0.25) is 0 Å². The number of H-pyrrole nitrogens is 1. The lowest BCUT2D eigenvalue weighted by Gasteiger charge is -2.21. The van der Waals surface area contributed by atoms with E-state index in [4.69, 9.17) is 15.2 Å². The molecule has 6 nitrogen and oxygen atoms in total. The fourth-order valence-corrected chi connectivity index (χ4v) is 2.36. The molecule has 0 amide bonds. The van der Waals surface area contributed by atoms with Crippen LogP contribution in [0.25, 0.3) is 10.9 Å². The van der Waals surface area contributed by atoms with E-state index in [0.29, 0.717) is 29.3 Å². The Kier molecular flexibility index (Phi) is 3.56. The summed E-state index contributed by atoms with van der Waals surface area (Å²) in [6.07, 6.45) is 1.86. The summed E-state index contributed by atoms with van der Waals surface area (Å²) < 4.78 is 10.6. The van der Waals surface area contributed by atoms with Crippen molar-refractivity contribution < 1.29 is 14.3 Å². The lowest BCUT2D eigenvalue weighted by atomic mass is 10.0. The fourth-order valence-electron chi connectivity index (χ4n) is 2.36. The van der Waals surface area contributed by atoms with Crippen molar-refractivity contribution in [3.8, 4) is 0 Å². The van der Waals surface area contributed by atoms with Gasteiger partial charge in [-0.05, 0) is 37.0 Å². The highest BCUT2D eigenvalue weighted by Gasteiger charge is 2.19. The number of anilines is 1. The number of nitrogens with one attached hydrogen (secondary N) is 1. The number of aromatic amines is 1. The molecular formula is C14H17N3O3. The van der Waals surface area contributed by atoms with Crippen molar-refractivity contribution in [2.45, 2.75) is 12.8 Å². The monoisotopic (exact) mass is 275 g/mol. The van der Waals surface area contributed by atoms with Crippen LogP contribution >= 0.6 is 0 Å². The van der Waals surface area contributed by atoms with Crippen molar-refractivity contribution in [3.05, 3.63) is 23.9 Å². The predicted molar refractivity (Wildman–Crippen MR) is 74.3 cm³/mol. The number of aromatic nitrogens is 2. The molecule has 1 fully saturated rings. The zero-order valence-electron chi connectivity index (χ0n) is 11.1. The lowest BCUT2D eigenvalue weighted by Crippen LogP contribution is -2.22. The molecule has 20 heavy (non-hydrogen) atoms. The van der Waals surface area contributed by atoms with Gasteiger partial charge < -0.3 is 15.2 Å². The van der Waals surface area contributed by atoms with Crippen LogP contribution in [0.3, 0.4) is 0 Å². The molecule has 2 aromatic rings. The van der Waals surface area contributed by atoms with Crippen LogP contribution in [0.4, 0.5) is 5.69 Å². The van der Waals surface area contributed by atoms with Gasteiger partial charge in [-0.25, -0.2) is 4.79 Å². The number of carbonyl (C=O) groups is 1. The third-order valence-electron chi connectivity index (χ3n) is 3.57. The van der Waals surface area contributed by atoms with E-state index in [-0.39, 0.29) is 0 Å². The summed E-state index contributed by atoms with van der Waals surface area (Å²) in [4.78, 5) is 12.1. The van der Waals surface area contributed by atoms with Crippen LogP contribution in [0.1, 0.15) is 23.3 Å². The van der Waals surface area contributed by atoms with Gasteiger partial charge in [-0.3, -0.25) is 5.10 Å². The number of hydrogen-bond donors (Lipinski definition) is 2. The highest BCUT2D eigenvalue weighted by Crippen LogP contribution is 2.20. The molecule has 0 saturated carbocycles. The lowest BCUT2D eigenvalue weighted by molar-refractivity contribution is 0.0183. The maximum atomic E-state index is 12.1. The number of rotatable bonds is 3. The number of nitrogen functional groups attached to an aromatic ring is 1. The van der Waals surface area contributed by atoms with Crippen LogP contribution in [0.15, 0.2) is 18.2 Å². The molecule has 0 bridgehead atoms. The van der Waals surface area contributed by atoms with Gasteiger partial charge in [-0.2, -0.15) is 5.10 Å². The highest BCUT2D eigenvalue weighted by molar-refractivity contribution is 6.02. The Hall–Kier alpha value is -2.08. The zero-order chi connectivity index (χ0) is 13.9. The number of nitrogens with two attached hydrogens (primary N) is 1. The van der Waals surface area contributed by atoms with Crippen molar-refractivity contribution in [1.82, 2.24) is 10.2 Å². The molecule has 1 aliphatic heterocycles. The molecule has 1 saturated heterocycles. The molecular weight excluding hydrogens is 258 g/mol. The molecule has 3 N–H and O–H groups in total. The number of carbonyl (C=O) groups excluding carboxylic acids is 1. The summed E-state index contributed by atoms with van der Waals surface area (Å²) in [7, 11) is 0.